The van der Waals surface area contributed by atoms with E-state index in [-0.39, 0.29) is 11.5 Å². The summed E-state index contributed by atoms with van der Waals surface area (Å²) in [5.41, 5.74) is 2.60. The molecule has 1 amide bonds. The molecule has 1 fully saturated rings. The van der Waals surface area contributed by atoms with Gasteiger partial charge in [-0.3, -0.25) is 14.6 Å². The first-order valence-electron chi connectivity index (χ1n) is 8.41. The van der Waals surface area contributed by atoms with E-state index in [4.69, 9.17) is 0 Å². The van der Waals surface area contributed by atoms with Crippen molar-refractivity contribution in [3.8, 4) is 0 Å². The molecule has 0 saturated carbocycles. The lowest BCUT2D eigenvalue weighted by molar-refractivity contribution is 0.0672. The van der Waals surface area contributed by atoms with Crippen molar-refractivity contribution in [3.05, 3.63) is 63.8 Å². The van der Waals surface area contributed by atoms with Crippen LogP contribution in [0.3, 0.4) is 0 Å². The highest BCUT2D eigenvalue weighted by Gasteiger charge is 2.25. The summed E-state index contributed by atoms with van der Waals surface area (Å²) in [6.45, 7) is 3.52. The van der Waals surface area contributed by atoms with Crippen molar-refractivity contribution < 1.29 is 4.79 Å². The van der Waals surface area contributed by atoms with Crippen molar-refractivity contribution in [2.24, 2.45) is 13.0 Å². The molecule has 0 unspecified atom stereocenters. The van der Waals surface area contributed by atoms with Gasteiger partial charge in [0.05, 0.1) is 5.56 Å². The van der Waals surface area contributed by atoms with Crippen molar-refractivity contribution >= 4 is 5.91 Å². The van der Waals surface area contributed by atoms with E-state index in [1.165, 1.54) is 10.6 Å². The van der Waals surface area contributed by atoms with Crippen LogP contribution in [-0.4, -0.2) is 33.4 Å². The third-order valence-electron chi connectivity index (χ3n) is 4.58. The molecular weight excluding hydrogens is 302 g/mol. The number of nitrogens with zero attached hydrogens (tertiary/aromatic N) is 3. The summed E-state index contributed by atoms with van der Waals surface area (Å²) in [7, 11) is 1.67. The molecule has 1 aliphatic rings. The molecule has 1 atom stereocenters. The van der Waals surface area contributed by atoms with Gasteiger partial charge >= 0.3 is 0 Å². The topological polar surface area (TPSA) is 55.2 Å². The predicted octanol–water partition coefficient (Wildman–Crippen LogP) is 2.18. The van der Waals surface area contributed by atoms with Crippen LogP contribution in [0.2, 0.25) is 0 Å². The SMILES string of the molecule is Cc1cccc(C[C@H]2CCCN(C(=O)c3ccc(=O)n(C)c3)C2)n1. The van der Waals surface area contributed by atoms with Crippen molar-refractivity contribution in [1.82, 2.24) is 14.5 Å². The molecule has 1 aliphatic heterocycles. The van der Waals surface area contributed by atoms with E-state index in [0.717, 1.165) is 43.7 Å². The molecule has 5 nitrogen and oxygen atoms in total. The van der Waals surface area contributed by atoms with Gasteiger partial charge in [0, 0.05) is 43.8 Å². The largest absolute Gasteiger partial charge is 0.338 e. The summed E-state index contributed by atoms with van der Waals surface area (Å²) in [5.74, 6) is 0.442. The number of hydrogen-bond donors (Lipinski definition) is 0. The quantitative estimate of drug-likeness (QED) is 0.869. The highest BCUT2D eigenvalue weighted by atomic mass is 16.2. The van der Waals surface area contributed by atoms with Crippen LogP contribution >= 0.6 is 0 Å². The first-order chi connectivity index (χ1) is 11.5. The molecular formula is C19H23N3O2. The lowest BCUT2D eigenvalue weighted by atomic mass is 9.92. The van der Waals surface area contributed by atoms with Crippen LogP contribution in [-0.2, 0) is 13.5 Å². The zero-order chi connectivity index (χ0) is 17.1. The number of piperidine rings is 1. The number of aryl methyl sites for hydroxylation is 2. The fraction of sp³-hybridized carbons (Fsp3) is 0.421. The average Bonchev–Trinajstić information content (AvgIpc) is 2.57. The Balaban J connectivity index is 1.69. The second kappa shape index (κ2) is 6.99. The fourth-order valence-electron chi connectivity index (χ4n) is 3.33. The second-order valence-electron chi connectivity index (χ2n) is 6.60. The number of rotatable bonds is 3. The smallest absolute Gasteiger partial charge is 0.255 e. The fourth-order valence-corrected chi connectivity index (χ4v) is 3.33. The molecule has 0 bridgehead atoms. The predicted molar refractivity (Wildman–Crippen MR) is 93.0 cm³/mol. The molecule has 0 N–H and O–H groups in total. The maximum Gasteiger partial charge on any atom is 0.255 e. The van der Waals surface area contributed by atoms with Crippen molar-refractivity contribution in [2.45, 2.75) is 26.2 Å². The van der Waals surface area contributed by atoms with E-state index in [1.807, 2.05) is 24.0 Å². The summed E-state index contributed by atoms with van der Waals surface area (Å²) in [5, 5.41) is 0. The van der Waals surface area contributed by atoms with Crippen LogP contribution in [0.4, 0.5) is 0 Å². The van der Waals surface area contributed by atoms with Crippen LogP contribution < -0.4 is 5.56 Å². The highest BCUT2D eigenvalue weighted by Crippen LogP contribution is 2.21. The normalized spacial score (nSPS) is 17.8. The van der Waals surface area contributed by atoms with Gasteiger partial charge in [0.25, 0.3) is 5.91 Å². The molecule has 0 spiro atoms. The number of pyridine rings is 2. The number of likely N-dealkylation sites (tertiary alicyclic amines) is 1. The summed E-state index contributed by atoms with van der Waals surface area (Å²) in [4.78, 5) is 30.7. The van der Waals surface area contributed by atoms with E-state index in [2.05, 4.69) is 11.1 Å². The van der Waals surface area contributed by atoms with Gasteiger partial charge < -0.3 is 9.47 Å². The molecule has 5 heteroatoms. The molecule has 2 aromatic heterocycles. The Bertz CT molecular complexity index is 797. The molecule has 1 saturated heterocycles. The number of amides is 1. The van der Waals surface area contributed by atoms with Crippen LogP contribution in [0.1, 0.15) is 34.6 Å². The Morgan fingerprint density at radius 2 is 2.12 bits per heavy atom. The van der Waals surface area contributed by atoms with E-state index in [9.17, 15) is 9.59 Å². The Hall–Kier alpha value is -2.43. The molecule has 3 heterocycles. The minimum atomic E-state index is -0.103. The van der Waals surface area contributed by atoms with E-state index >= 15 is 0 Å². The molecule has 126 valence electrons. The first kappa shape index (κ1) is 16.4. The van der Waals surface area contributed by atoms with E-state index < -0.39 is 0 Å². The van der Waals surface area contributed by atoms with Crippen molar-refractivity contribution in [3.63, 3.8) is 0 Å². The van der Waals surface area contributed by atoms with Gasteiger partial charge in [-0.1, -0.05) is 6.07 Å². The first-order valence-corrected chi connectivity index (χ1v) is 8.41. The zero-order valence-corrected chi connectivity index (χ0v) is 14.2. The lowest BCUT2D eigenvalue weighted by Crippen LogP contribution is -2.41. The van der Waals surface area contributed by atoms with Crippen molar-refractivity contribution in [1.29, 1.82) is 0 Å². The third-order valence-corrected chi connectivity index (χ3v) is 4.58. The summed E-state index contributed by atoms with van der Waals surface area (Å²) in [6, 6.07) is 9.16. The summed E-state index contributed by atoms with van der Waals surface area (Å²) < 4.78 is 1.45. The van der Waals surface area contributed by atoms with E-state index in [0.29, 0.717) is 11.5 Å². The highest BCUT2D eigenvalue weighted by molar-refractivity contribution is 5.94. The Morgan fingerprint density at radius 1 is 1.29 bits per heavy atom. The van der Waals surface area contributed by atoms with Gasteiger partial charge in [-0.25, -0.2) is 0 Å². The maximum atomic E-state index is 12.7. The molecule has 0 radical (unpaired) electrons. The number of aromatic nitrogens is 2. The molecule has 3 rings (SSSR count). The second-order valence-corrected chi connectivity index (χ2v) is 6.60. The number of carbonyl (C=O) groups is 1. The maximum absolute atomic E-state index is 12.7. The summed E-state index contributed by atoms with van der Waals surface area (Å²) in [6.07, 6.45) is 4.65. The molecule has 24 heavy (non-hydrogen) atoms. The average molecular weight is 325 g/mol. The standard InChI is InChI=1S/C19H23N3O2/c1-14-5-3-7-17(20-14)11-15-6-4-10-22(12-15)19(24)16-8-9-18(23)21(2)13-16/h3,5,7-9,13,15H,4,6,10-12H2,1-2H3/t15-/m1/s1. The van der Waals surface area contributed by atoms with Crippen LogP contribution in [0, 0.1) is 12.8 Å². The van der Waals surface area contributed by atoms with Crippen molar-refractivity contribution in [2.75, 3.05) is 13.1 Å². The van der Waals surface area contributed by atoms with Crippen LogP contribution in [0.15, 0.2) is 41.3 Å². The van der Waals surface area contributed by atoms with E-state index in [1.54, 1.807) is 19.3 Å². The minimum Gasteiger partial charge on any atom is -0.338 e. The Labute approximate surface area is 141 Å². The van der Waals surface area contributed by atoms with Gasteiger partial charge in [0.15, 0.2) is 0 Å². The van der Waals surface area contributed by atoms with Gasteiger partial charge in [-0.2, -0.15) is 0 Å². The molecule has 2 aromatic rings. The van der Waals surface area contributed by atoms with Gasteiger partial charge in [-0.05, 0) is 50.3 Å². The van der Waals surface area contributed by atoms with Gasteiger partial charge in [0.1, 0.15) is 0 Å². The zero-order valence-electron chi connectivity index (χ0n) is 14.2. The number of hydrogen-bond acceptors (Lipinski definition) is 3. The lowest BCUT2D eigenvalue weighted by Gasteiger charge is -2.32. The van der Waals surface area contributed by atoms with Crippen LogP contribution in [0.25, 0.3) is 0 Å². The molecule has 0 aliphatic carbocycles. The third kappa shape index (κ3) is 3.72. The Morgan fingerprint density at radius 3 is 2.88 bits per heavy atom. The van der Waals surface area contributed by atoms with Gasteiger partial charge in [0.2, 0.25) is 5.56 Å². The minimum absolute atomic E-state index is 0.00695. The molecule has 0 aromatic carbocycles. The van der Waals surface area contributed by atoms with Gasteiger partial charge in [-0.15, -0.1) is 0 Å². The summed E-state index contributed by atoms with van der Waals surface area (Å²) >= 11 is 0. The van der Waals surface area contributed by atoms with Crippen LogP contribution in [0.5, 0.6) is 0 Å². The Kier molecular flexibility index (Phi) is 4.79. The monoisotopic (exact) mass is 325 g/mol. The number of carbonyl (C=O) groups excluding carboxylic acids is 1.